The zero-order valence-electron chi connectivity index (χ0n) is 15.8. The molecule has 3 aliphatic rings. The molecule has 0 radical (unpaired) electrons. The molecule has 0 spiro atoms. The minimum Gasteiger partial charge on any atom is -0.478 e. The van der Waals surface area contributed by atoms with E-state index in [4.69, 9.17) is 5.11 Å². The predicted octanol–water partition coefficient (Wildman–Crippen LogP) is 3.63. The molecule has 5 nitrogen and oxygen atoms in total. The Bertz CT molecular complexity index is 933. The Kier molecular flexibility index (Phi) is 4.20. The van der Waals surface area contributed by atoms with Crippen molar-refractivity contribution in [3.63, 3.8) is 0 Å². The Hall–Kier alpha value is -2.66. The van der Waals surface area contributed by atoms with Crippen LogP contribution in [0.3, 0.4) is 0 Å². The van der Waals surface area contributed by atoms with E-state index in [2.05, 4.69) is 15.9 Å². The van der Waals surface area contributed by atoms with Crippen LogP contribution < -0.4 is 0 Å². The average Bonchev–Trinajstić information content (AvgIpc) is 3.25. The lowest BCUT2D eigenvalue weighted by molar-refractivity contribution is 0.0684. The zero-order valence-corrected chi connectivity index (χ0v) is 15.8. The molecule has 1 saturated heterocycles. The quantitative estimate of drug-likeness (QED) is 0.885. The number of benzene rings is 2. The van der Waals surface area contributed by atoms with Crippen molar-refractivity contribution >= 4 is 11.9 Å². The summed E-state index contributed by atoms with van der Waals surface area (Å²) in [5.41, 5.74) is 4.16. The molecule has 0 bridgehead atoms. The highest BCUT2D eigenvalue weighted by Crippen LogP contribution is 2.34. The Morgan fingerprint density at radius 1 is 0.964 bits per heavy atom. The monoisotopic (exact) mass is 376 g/mol. The molecule has 1 N–H and O–H groups in total. The van der Waals surface area contributed by atoms with Gasteiger partial charge in [0.05, 0.1) is 5.56 Å². The van der Waals surface area contributed by atoms with E-state index in [1.807, 2.05) is 24.3 Å². The maximum atomic E-state index is 13.0. The molecule has 1 saturated carbocycles. The first-order valence-electron chi connectivity index (χ1n) is 10.1. The van der Waals surface area contributed by atoms with E-state index in [0.717, 1.165) is 47.8 Å². The van der Waals surface area contributed by atoms with Crippen LogP contribution in [0, 0.1) is 0 Å². The molecule has 2 aromatic rings. The van der Waals surface area contributed by atoms with Crippen LogP contribution >= 0.6 is 0 Å². The Morgan fingerprint density at radius 2 is 1.71 bits per heavy atom. The molecule has 0 unspecified atom stereocenters. The SMILES string of the molecule is O=C(O)c1ccc(-c2ccc3c(c2)CN([C@@H]2CCN(C4CCC4)C2)C3=O)cc1. The van der Waals surface area contributed by atoms with Gasteiger partial charge in [-0.05, 0) is 60.2 Å². The summed E-state index contributed by atoms with van der Waals surface area (Å²) in [6, 6.07) is 13.9. The van der Waals surface area contributed by atoms with Crippen molar-refractivity contribution in [2.75, 3.05) is 13.1 Å². The van der Waals surface area contributed by atoms with Crippen molar-refractivity contribution in [2.45, 2.75) is 44.3 Å². The highest BCUT2D eigenvalue weighted by Gasteiger charge is 2.39. The van der Waals surface area contributed by atoms with Gasteiger partial charge in [-0.1, -0.05) is 24.6 Å². The lowest BCUT2D eigenvalue weighted by Gasteiger charge is -2.35. The van der Waals surface area contributed by atoms with Gasteiger partial charge in [0.1, 0.15) is 0 Å². The van der Waals surface area contributed by atoms with Crippen LogP contribution in [0.15, 0.2) is 42.5 Å². The summed E-state index contributed by atoms with van der Waals surface area (Å²) in [4.78, 5) is 28.6. The molecular formula is C23H24N2O3. The highest BCUT2D eigenvalue weighted by molar-refractivity contribution is 5.99. The predicted molar refractivity (Wildman–Crippen MR) is 106 cm³/mol. The molecule has 28 heavy (non-hydrogen) atoms. The summed E-state index contributed by atoms with van der Waals surface area (Å²) >= 11 is 0. The Morgan fingerprint density at radius 3 is 2.39 bits per heavy atom. The molecule has 1 aliphatic carbocycles. The first-order valence-corrected chi connectivity index (χ1v) is 10.1. The lowest BCUT2D eigenvalue weighted by Crippen LogP contribution is -2.42. The number of hydrogen-bond donors (Lipinski definition) is 1. The van der Waals surface area contributed by atoms with Gasteiger partial charge in [-0.15, -0.1) is 0 Å². The van der Waals surface area contributed by atoms with E-state index in [-0.39, 0.29) is 11.5 Å². The molecule has 1 amide bonds. The molecule has 1 atom stereocenters. The largest absolute Gasteiger partial charge is 0.478 e. The summed E-state index contributed by atoms with van der Waals surface area (Å²) in [5, 5.41) is 9.06. The minimum absolute atomic E-state index is 0.156. The fourth-order valence-corrected chi connectivity index (χ4v) is 4.73. The molecule has 2 aliphatic heterocycles. The van der Waals surface area contributed by atoms with Gasteiger partial charge in [-0.2, -0.15) is 0 Å². The third-order valence-corrected chi connectivity index (χ3v) is 6.63. The van der Waals surface area contributed by atoms with Gasteiger partial charge < -0.3 is 10.0 Å². The van der Waals surface area contributed by atoms with Crippen LogP contribution in [0.2, 0.25) is 0 Å². The second-order valence-corrected chi connectivity index (χ2v) is 8.21. The summed E-state index contributed by atoms with van der Waals surface area (Å²) in [6.07, 6.45) is 5.03. The summed E-state index contributed by atoms with van der Waals surface area (Å²) in [6.45, 7) is 2.79. The molecular weight excluding hydrogens is 352 g/mol. The third kappa shape index (κ3) is 2.90. The average molecular weight is 376 g/mol. The van der Waals surface area contributed by atoms with Crippen LogP contribution in [0.25, 0.3) is 11.1 Å². The van der Waals surface area contributed by atoms with Gasteiger partial charge in [0.2, 0.25) is 0 Å². The van der Waals surface area contributed by atoms with Crippen molar-refractivity contribution in [2.24, 2.45) is 0 Å². The number of rotatable bonds is 4. The van der Waals surface area contributed by atoms with E-state index >= 15 is 0 Å². The molecule has 0 aromatic heterocycles. The van der Waals surface area contributed by atoms with E-state index < -0.39 is 5.97 Å². The molecule has 5 rings (SSSR count). The van der Waals surface area contributed by atoms with Crippen molar-refractivity contribution in [3.05, 3.63) is 59.2 Å². The number of carboxylic acid groups (broad SMARTS) is 1. The van der Waals surface area contributed by atoms with Crippen molar-refractivity contribution < 1.29 is 14.7 Å². The standard InChI is InChI=1S/C23H24N2O3/c26-22-21-9-8-17(15-4-6-16(7-5-15)23(27)28)12-18(21)13-25(22)20-10-11-24(14-20)19-2-1-3-19/h4-9,12,19-20H,1-3,10-11,13-14H2,(H,27,28)/t20-/m1/s1. The number of aromatic carboxylic acids is 1. The van der Waals surface area contributed by atoms with Crippen LogP contribution in [0.5, 0.6) is 0 Å². The molecule has 5 heteroatoms. The first-order chi connectivity index (χ1) is 13.6. The van der Waals surface area contributed by atoms with Crippen LogP contribution in [0.4, 0.5) is 0 Å². The van der Waals surface area contributed by atoms with Crippen molar-refractivity contribution in [1.82, 2.24) is 9.80 Å². The number of likely N-dealkylation sites (tertiary alicyclic amines) is 1. The summed E-state index contributed by atoms with van der Waals surface area (Å²) in [5.74, 6) is -0.766. The first kappa shape index (κ1) is 17.4. The summed E-state index contributed by atoms with van der Waals surface area (Å²) < 4.78 is 0. The van der Waals surface area contributed by atoms with Gasteiger partial charge in [-0.25, -0.2) is 4.79 Å². The minimum atomic E-state index is -0.922. The van der Waals surface area contributed by atoms with E-state index in [1.165, 1.54) is 19.3 Å². The zero-order chi connectivity index (χ0) is 19.3. The maximum Gasteiger partial charge on any atom is 0.335 e. The molecule has 144 valence electrons. The van der Waals surface area contributed by atoms with Crippen molar-refractivity contribution in [1.29, 1.82) is 0 Å². The normalized spacial score (nSPS) is 22.4. The van der Waals surface area contributed by atoms with Gasteiger partial charge in [0.25, 0.3) is 5.91 Å². The number of amides is 1. The maximum absolute atomic E-state index is 13.0. The number of carbonyl (C=O) groups is 2. The van der Waals surface area contributed by atoms with E-state index in [9.17, 15) is 9.59 Å². The highest BCUT2D eigenvalue weighted by atomic mass is 16.4. The molecule has 2 fully saturated rings. The fourth-order valence-electron chi connectivity index (χ4n) is 4.73. The second-order valence-electron chi connectivity index (χ2n) is 8.21. The van der Waals surface area contributed by atoms with Crippen LogP contribution in [-0.4, -0.2) is 52.0 Å². The van der Waals surface area contributed by atoms with Crippen LogP contribution in [-0.2, 0) is 6.54 Å². The topological polar surface area (TPSA) is 60.9 Å². The number of fused-ring (bicyclic) bond motifs is 1. The Labute approximate surface area is 164 Å². The van der Waals surface area contributed by atoms with E-state index in [1.54, 1.807) is 12.1 Å². The molecule has 2 aromatic carbocycles. The number of nitrogens with zero attached hydrogens (tertiary/aromatic N) is 2. The fraction of sp³-hybridized carbons (Fsp3) is 0.391. The number of carboxylic acids is 1. The Balaban J connectivity index is 1.34. The second kappa shape index (κ2) is 6.74. The van der Waals surface area contributed by atoms with E-state index in [0.29, 0.717) is 12.6 Å². The lowest BCUT2D eigenvalue weighted by atomic mass is 9.92. The van der Waals surface area contributed by atoms with Crippen molar-refractivity contribution in [3.8, 4) is 11.1 Å². The molecule has 2 heterocycles. The van der Waals surface area contributed by atoms with Gasteiger partial charge in [-0.3, -0.25) is 9.69 Å². The van der Waals surface area contributed by atoms with Crippen LogP contribution in [0.1, 0.15) is 52.0 Å². The van der Waals surface area contributed by atoms with Gasteiger partial charge in [0.15, 0.2) is 0 Å². The smallest absolute Gasteiger partial charge is 0.335 e. The third-order valence-electron chi connectivity index (χ3n) is 6.63. The van der Waals surface area contributed by atoms with Gasteiger partial charge in [0, 0.05) is 37.3 Å². The number of carbonyl (C=O) groups excluding carboxylic acids is 1. The van der Waals surface area contributed by atoms with Gasteiger partial charge >= 0.3 is 5.97 Å². The summed E-state index contributed by atoms with van der Waals surface area (Å²) in [7, 11) is 0. The number of hydrogen-bond acceptors (Lipinski definition) is 3.